The Morgan fingerprint density at radius 1 is 0.969 bits per heavy atom. The number of furan rings is 1. The maximum absolute atomic E-state index is 13.0. The normalized spacial score (nSPS) is 10.6. The van der Waals surface area contributed by atoms with Gasteiger partial charge in [-0.1, -0.05) is 32.0 Å². The summed E-state index contributed by atoms with van der Waals surface area (Å²) in [7, 11) is 0. The zero-order valence-corrected chi connectivity index (χ0v) is 18.3. The standard InChI is InChI=1S/C23H29N3O6/c1-17(2)10-12-25(15-20(27)24-18-7-4-3-5-8-18)21(28)16-26(13-11-22(29)30)23(31)19-9-6-14-32-19/h3-9,14,17H,10-13,15-16H2,1-2H3,(H,24,27)(H,29,30). The summed E-state index contributed by atoms with van der Waals surface area (Å²) >= 11 is 0. The van der Waals surface area contributed by atoms with Crippen molar-refractivity contribution in [2.45, 2.75) is 26.7 Å². The first-order chi connectivity index (χ1) is 15.3. The fraction of sp³-hybridized carbons (Fsp3) is 0.391. The average molecular weight is 444 g/mol. The Kier molecular flexibility index (Phi) is 9.46. The molecule has 32 heavy (non-hydrogen) atoms. The van der Waals surface area contributed by atoms with Gasteiger partial charge in [-0.2, -0.15) is 0 Å². The van der Waals surface area contributed by atoms with Gasteiger partial charge in [-0.3, -0.25) is 19.2 Å². The van der Waals surface area contributed by atoms with Crippen molar-refractivity contribution in [1.82, 2.24) is 9.80 Å². The first kappa shape index (κ1) is 24.6. The fourth-order valence-corrected chi connectivity index (χ4v) is 2.90. The Bertz CT molecular complexity index is 896. The number of nitrogens with one attached hydrogen (secondary N) is 1. The van der Waals surface area contributed by atoms with Crippen LogP contribution in [0.5, 0.6) is 0 Å². The molecule has 2 aromatic rings. The minimum absolute atomic E-state index is 0.0127. The maximum atomic E-state index is 13.0. The van der Waals surface area contributed by atoms with Crippen molar-refractivity contribution in [3.05, 3.63) is 54.5 Å². The molecule has 172 valence electrons. The Labute approximate surface area is 187 Å². The first-order valence-electron chi connectivity index (χ1n) is 10.4. The van der Waals surface area contributed by atoms with Gasteiger partial charge >= 0.3 is 5.97 Å². The van der Waals surface area contributed by atoms with Crippen LogP contribution in [-0.2, 0) is 14.4 Å². The summed E-state index contributed by atoms with van der Waals surface area (Å²) in [5.41, 5.74) is 0.616. The van der Waals surface area contributed by atoms with E-state index in [1.807, 2.05) is 19.9 Å². The second-order valence-electron chi connectivity index (χ2n) is 7.76. The number of carbonyl (C=O) groups excluding carboxylic acids is 3. The van der Waals surface area contributed by atoms with Crippen LogP contribution in [0.1, 0.15) is 37.2 Å². The molecule has 9 nitrogen and oxygen atoms in total. The Balaban J connectivity index is 2.10. The molecule has 1 heterocycles. The van der Waals surface area contributed by atoms with Crippen LogP contribution in [0.4, 0.5) is 5.69 Å². The summed E-state index contributed by atoms with van der Waals surface area (Å²) < 4.78 is 5.11. The highest BCUT2D eigenvalue weighted by Gasteiger charge is 2.25. The van der Waals surface area contributed by atoms with E-state index in [0.29, 0.717) is 24.6 Å². The van der Waals surface area contributed by atoms with Gasteiger partial charge in [0.2, 0.25) is 11.8 Å². The van der Waals surface area contributed by atoms with Crippen LogP contribution >= 0.6 is 0 Å². The van der Waals surface area contributed by atoms with Gasteiger partial charge in [0.25, 0.3) is 5.91 Å². The summed E-state index contributed by atoms with van der Waals surface area (Å²) in [6.07, 6.45) is 1.68. The van der Waals surface area contributed by atoms with Crippen molar-refractivity contribution in [2.24, 2.45) is 5.92 Å². The molecule has 0 aliphatic rings. The topological polar surface area (TPSA) is 120 Å². The molecule has 0 bridgehead atoms. The molecular formula is C23H29N3O6. The molecule has 0 saturated carbocycles. The summed E-state index contributed by atoms with van der Waals surface area (Å²) in [5.74, 6) is -2.16. The van der Waals surface area contributed by atoms with Crippen LogP contribution in [0.2, 0.25) is 0 Å². The quantitative estimate of drug-likeness (QED) is 0.520. The van der Waals surface area contributed by atoms with E-state index in [2.05, 4.69) is 5.32 Å². The lowest BCUT2D eigenvalue weighted by Gasteiger charge is -2.27. The minimum Gasteiger partial charge on any atom is -0.481 e. The molecule has 0 fully saturated rings. The van der Waals surface area contributed by atoms with Crippen LogP contribution in [0.3, 0.4) is 0 Å². The summed E-state index contributed by atoms with van der Waals surface area (Å²) in [6, 6.07) is 11.9. The van der Waals surface area contributed by atoms with Gasteiger partial charge in [-0.15, -0.1) is 0 Å². The van der Waals surface area contributed by atoms with E-state index in [1.54, 1.807) is 24.3 Å². The van der Waals surface area contributed by atoms with Crippen molar-refractivity contribution >= 4 is 29.4 Å². The molecular weight excluding hydrogens is 414 g/mol. The Hall–Kier alpha value is -3.62. The molecule has 0 aliphatic carbocycles. The summed E-state index contributed by atoms with van der Waals surface area (Å²) in [5, 5.41) is 11.8. The number of anilines is 1. The van der Waals surface area contributed by atoms with Gasteiger partial charge in [-0.05, 0) is 36.6 Å². The number of carboxylic acid groups (broad SMARTS) is 1. The third kappa shape index (κ3) is 8.25. The molecule has 2 N–H and O–H groups in total. The number of carboxylic acids is 1. The molecule has 0 saturated heterocycles. The number of hydrogen-bond acceptors (Lipinski definition) is 5. The number of aliphatic carboxylic acids is 1. The van der Waals surface area contributed by atoms with Crippen LogP contribution in [-0.4, -0.2) is 64.8 Å². The van der Waals surface area contributed by atoms with E-state index in [1.165, 1.54) is 23.3 Å². The number of amides is 3. The van der Waals surface area contributed by atoms with Gasteiger partial charge in [0.1, 0.15) is 6.54 Å². The van der Waals surface area contributed by atoms with Crippen LogP contribution in [0.15, 0.2) is 53.1 Å². The number of rotatable bonds is 12. The zero-order valence-electron chi connectivity index (χ0n) is 18.3. The lowest BCUT2D eigenvalue weighted by molar-refractivity contribution is -0.138. The summed E-state index contributed by atoms with van der Waals surface area (Å²) in [6.45, 7) is 3.65. The smallest absolute Gasteiger partial charge is 0.305 e. The first-order valence-corrected chi connectivity index (χ1v) is 10.4. The number of carbonyl (C=O) groups is 4. The Morgan fingerprint density at radius 2 is 1.69 bits per heavy atom. The van der Waals surface area contributed by atoms with E-state index < -0.39 is 17.8 Å². The maximum Gasteiger partial charge on any atom is 0.305 e. The van der Waals surface area contributed by atoms with Gasteiger partial charge < -0.3 is 24.6 Å². The highest BCUT2D eigenvalue weighted by atomic mass is 16.4. The van der Waals surface area contributed by atoms with Crippen molar-refractivity contribution in [3.63, 3.8) is 0 Å². The number of nitrogens with zero attached hydrogens (tertiary/aromatic N) is 2. The lowest BCUT2D eigenvalue weighted by atomic mass is 10.1. The predicted octanol–water partition coefficient (Wildman–Crippen LogP) is 2.71. The fourth-order valence-electron chi connectivity index (χ4n) is 2.90. The minimum atomic E-state index is -1.09. The molecule has 0 spiro atoms. The highest BCUT2D eigenvalue weighted by Crippen LogP contribution is 2.10. The second-order valence-corrected chi connectivity index (χ2v) is 7.76. The third-order valence-corrected chi connectivity index (χ3v) is 4.66. The molecule has 3 amide bonds. The van der Waals surface area contributed by atoms with E-state index in [4.69, 9.17) is 9.52 Å². The van der Waals surface area contributed by atoms with Gasteiger partial charge in [0.15, 0.2) is 5.76 Å². The SMILES string of the molecule is CC(C)CCN(CC(=O)Nc1ccccc1)C(=O)CN(CCC(=O)O)C(=O)c1ccco1. The molecule has 0 atom stereocenters. The van der Waals surface area contributed by atoms with Gasteiger partial charge in [0, 0.05) is 18.8 Å². The van der Waals surface area contributed by atoms with E-state index >= 15 is 0 Å². The van der Waals surface area contributed by atoms with Crippen LogP contribution in [0, 0.1) is 5.92 Å². The molecule has 9 heteroatoms. The molecule has 2 rings (SSSR count). The highest BCUT2D eigenvalue weighted by molar-refractivity contribution is 5.97. The Morgan fingerprint density at radius 3 is 2.28 bits per heavy atom. The van der Waals surface area contributed by atoms with E-state index in [0.717, 1.165) is 4.90 Å². The zero-order chi connectivity index (χ0) is 23.5. The lowest BCUT2D eigenvalue weighted by Crippen LogP contribution is -2.46. The summed E-state index contributed by atoms with van der Waals surface area (Å²) in [4.78, 5) is 51.8. The van der Waals surface area contributed by atoms with Crippen LogP contribution < -0.4 is 5.32 Å². The molecule has 1 aromatic carbocycles. The molecule has 0 aliphatic heterocycles. The largest absolute Gasteiger partial charge is 0.481 e. The van der Waals surface area contributed by atoms with E-state index in [9.17, 15) is 19.2 Å². The van der Waals surface area contributed by atoms with Crippen molar-refractivity contribution < 1.29 is 28.7 Å². The van der Waals surface area contributed by atoms with Gasteiger partial charge in [0.05, 0.1) is 19.2 Å². The third-order valence-electron chi connectivity index (χ3n) is 4.66. The van der Waals surface area contributed by atoms with Crippen molar-refractivity contribution in [1.29, 1.82) is 0 Å². The number of benzene rings is 1. The molecule has 0 radical (unpaired) electrons. The van der Waals surface area contributed by atoms with Crippen LogP contribution in [0.25, 0.3) is 0 Å². The van der Waals surface area contributed by atoms with Crippen molar-refractivity contribution in [2.75, 3.05) is 31.5 Å². The number of para-hydroxylation sites is 1. The second kappa shape index (κ2) is 12.3. The molecule has 0 unspecified atom stereocenters. The predicted molar refractivity (Wildman–Crippen MR) is 118 cm³/mol. The monoisotopic (exact) mass is 443 g/mol. The van der Waals surface area contributed by atoms with Crippen molar-refractivity contribution in [3.8, 4) is 0 Å². The van der Waals surface area contributed by atoms with E-state index in [-0.39, 0.29) is 37.7 Å². The van der Waals surface area contributed by atoms with Gasteiger partial charge in [-0.25, -0.2) is 0 Å². The average Bonchev–Trinajstić information content (AvgIpc) is 3.28. The number of hydrogen-bond donors (Lipinski definition) is 2. The molecule has 1 aromatic heterocycles.